The number of carbonyl (C=O) groups excluding carboxylic acids is 1. The molecule has 0 aliphatic rings. The van der Waals surface area contributed by atoms with Crippen LogP contribution in [0.3, 0.4) is 0 Å². The van der Waals surface area contributed by atoms with E-state index in [-0.39, 0.29) is 0 Å². The van der Waals surface area contributed by atoms with E-state index in [0.29, 0.717) is 6.92 Å². The molecule has 0 aliphatic carbocycles. The van der Waals surface area contributed by atoms with Crippen LogP contribution in [0, 0.1) is 0 Å². The summed E-state index contributed by atoms with van der Waals surface area (Å²) in [5.41, 5.74) is -1.16. The van der Waals surface area contributed by atoms with Gasteiger partial charge in [0.05, 0.1) is 0 Å². The van der Waals surface area contributed by atoms with Crippen LogP contribution in [0.4, 0.5) is 87.8 Å². The number of halogens is 20. The van der Waals surface area contributed by atoms with Crippen molar-refractivity contribution in [2.45, 2.75) is 73.3 Å². The molecule has 0 saturated carbocycles. The highest BCUT2D eigenvalue weighted by atomic mass is 19.4. The molecule has 2 unspecified atom stereocenters. The highest BCUT2D eigenvalue weighted by molar-refractivity contribution is 5.87. The summed E-state index contributed by atoms with van der Waals surface area (Å²) in [6.45, 7) is 3.00. The van der Waals surface area contributed by atoms with E-state index in [2.05, 4.69) is 11.3 Å². The first kappa shape index (κ1) is 34.8. The van der Waals surface area contributed by atoms with Gasteiger partial charge in [0.1, 0.15) is 0 Å². The molecular formula is C15H8F20O2. The SMILES string of the molecule is C=C(C)C(=O)OC(F)C(F)(F)C(F)(F)C(F)(F)C(F)(F)C(F)(F)C(F)(F)C(F)(F)C(F)(F)C(F)C(F)F. The molecule has 0 bridgehead atoms. The quantitative estimate of drug-likeness (QED) is 0.136. The smallest absolute Gasteiger partial charge is 0.385 e. The predicted octanol–water partition coefficient (Wildman–Crippen LogP) is 7.09. The highest BCUT2D eigenvalue weighted by Crippen LogP contribution is 2.64. The Morgan fingerprint density at radius 1 is 0.568 bits per heavy atom. The van der Waals surface area contributed by atoms with E-state index in [1.165, 1.54) is 0 Å². The lowest BCUT2D eigenvalue weighted by Crippen LogP contribution is -2.76. The van der Waals surface area contributed by atoms with Crippen LogP contribution in [-0.2, 0) is 9.53 Å². The molecule has 0 aromatic heterocycles. The Kier molecular flexibility index (Phi) is 8.96. The Hall–Kier alpha value is -2.19. The van der Waals surface area contributed by atoms with Gasteiger partial charge in [0.25, 0.3) is 6.43 Å². The molecule has 2 nitrogen and oxygen atoms in total. The van der Waals surface area contributed by atoms with E-state index in [1.807, 2.05) is 0 Å². The van der Waals surface area contributed by atoms with Crippen molar-refractivity contribution in [2.24, 2.45) is 0 Å². The number of esters is 1. The lowest BCUT2D eigenvalue weighted by Gasteiger charge is -2.44. The Bertz CT molecular complexity index is 862. The summed E-state index contributed by atoms with van der Waals surface area (Å²) in [6.07, 6.45) is -16.8. The van der Waals surface area contributed by atoms with E-state index in [1.54, 1.807) is 0 Å². The molecule has 0 saturated heterocycles. The third-order valence-corrected chi connectivity index (χ3v) is 4.22. The van der Waals surface area contributed by atoms with Gasteiger partial charge in [-0.05, 0) is 6.92 Å². The van der Waals surface area contributed by atoms with Crippen LogP contribution in [0.1, 0.15) is 6.92 Å². The molecule has 0 fully saturated rings. The Labute approximate surface area is 190 Å². The van der Waals surface area contributed by atoms with Gasteiger partial charge in [-0.3, -0.25) is 0 Å². The molecule has 0 aromatic rings. The number of hydrogen-bond acceptors (Lipinski definition) is 2. The van der Waals surface area contributed by atoms with E-state index >= 15 is 0 Å². The summed E-state index contributed by atoms with van der Waals surface area (Å²) in [4.78, 5) is 10.8. The third-order valence-electron chi connectivity index (χ3n) is 4.22. The minimum atomic E-state index is -9.03. The molecule has 37 heavy (non-hydrogen) atoms. The maximum Gasteiger partial charge on any atom is 0.385 e. The fourth-order valence-corrected chi connectivity index (χ4v) is 1.95. The van der Waals surface area contributed by atoms with Crippen LogP contribution in [0.25, 0.3) is 0 Å². The van der Waals surface area contributed by atoms with Gasteiger partial charge in [0, 0.05) is 5.57 Å². The maximum absolute atomic E-state index is 13.6. The van der Waals surface area contributed by atoms with E-state index in [4.69, 9.17) is 0 Å². The summed E-state index contributed by atoms with van der Waals surface area (Å²) < 4.78 is 268. The zero-order valence-corrected chi connectivity index (χ0v) is 16.8. The van der Waals surface area contributed by atoms with Crippen molar-refractivity contribution in [3.63, 3.8) is 0 Å². The largest absolute Gasteiger partial charge is 0.421 e. The van der Waals surface area contributed by atoms with Crippen molar-refractivity contribution < 1.29 is 97.3 Å². The van der Waals surface area contributed by atoms with Crippen molar-refractivity contribution in [1.29, 1.82) is 0 Å². The molecular weight excluding hydrogens is 592 g/mol. The topological polar surface area (TPSA) is 26.3 Å². The molecule has 2 atom stereocenters. The summed E-state index contributed by atoms with van der Waals surface area (Å²) in [5, 5.41) is 0. The first-order chi connectivity index (χ1) is 15.9. The number of rotatable bonds is 12. The second kappa shape index (κ2) is 9.53. The molecule has 0 amide bonds. The summed E-state index contributed by atoms with van der Waals surface area (Å²) in [5.74, 6) is -70.5. The molecule has 0 rings (SSSR count). The molecule has 0 N–H and O–H groups in total. The average Bonchev–Trinajstić information content (AvgIpc) is 2.71. The molecule has 0 heterocycles. The second-order valence-electron chi connectivity index (χ2n) is 6.93. The van der Waals surface area contributed by atoms with Crippen molar-refractivity contribution in [3.8, 4) is 0 Å². The Morgan fingerprint density at radius 2 is 0.838 bits per heavy atom. The van der Waals surface area contributed by atoms with Gasteiger partial charge in [0.15, 0.2) is 0 Å². The molecule has 0 aliphatic heterocycles. The van der Waals surface area contributed by atoms with Gasteiger partial charge in [-0.2, -0.15) is 74.6 Å². The zero-order chi connectivity index (χ0) is 30.6. The first-order valence-electron chi connectivity index (χ1n) is 8.30. The van der Waals surface area contributed by atoms with Crippen LogP contribution in [-0.4, -0.2) is 72.3 Å². The highest BCUT2D eigenvalue weighted by Gasteiger charge is 2.96. The summed E-state index contributed by atoms with van der Waals surface area (Å²) in [7, 11) is 0. The standard InChI is InChI=1S/C15H8F20O2/c1-3(2)6(36)37-7(19)9(22,23)11(26,27)13(30,31)15(34,35)14(32,33)12(28,29)10(24,25)8(20,21)4(16)5(17)18/h4-5,7H,1H2,2H3. The molecule has 0 radical (unpaired) electrons. The van der Waals surface area contributed by atoms with Crippen molar-refractivity contribution in [2.75, 3.05) is 0 Å². The van der Waals surface area contributed by atoms with Gasteiger partial charge >= 0.3 is 59.7 Å². The van der Waals surface area contributed by atoms with Crippen LogP contribution >= 0.6 is 0 Å². The van der Waals surface area contributed by atoms with E-state index in [9.17, 15) is 92.6 Å². The van der Waals surface area contributed by atoms with Gasteiger partial charge in [0.2, 0.25) is 6.17 Å². The summed E-state index contributed by atoms with van der Waals surface area (Å²) >= 11 is 0. The van der Waals surface area contributed by atoms with Crippen LogP contribution in [0.15, 0.2) is 12.2 Å². The van der Waals surface area contributed by atoms with Gasteiger partial charge in [-0.15, -0.1) is 0 Å². The molecule has 22 heteroatoms. The van der Waals surface area contributed by atoms with E-state index < -0.39 is 77.9 Å². The first-order valence-corrected chi connectivity index (χ1v) is 8.30. The predicted molar refractivity (Wildman–Crippen MR) is 76.3 cm³/mol. The minimum Gasteiger partial charge on any atom is -0.421 e. The van der Waals surface area contributed by atoms with Crippen LogP contribution in [0.2, 0.25) is 0 Å². The van der Waals surface area contributed by atoms with Gasteiger partial charge in [-0.25, -0.2) is 18.0 Å². The Morgan fingerprint density at radius 3 is 1.11 bits per heavy atom. The minimum absolute atomic E-state index is 0.461. The number of ether oxygens (including phenoxy) is 1. The van der Waals surface area contributed by atoms with Gasteiger partial charge < -0.3 is 4.74 Å². The third kappa shape index (κ3) is 4.76. The Balaban J connectivity index is 6.87. The molecule has 220 valence electrons. The van der Waals surface area contributed by atoms with Crippen LogP contribution < -0.4 is 0 Å². The lowest BCUT2D eigenvalue weighted by molar-refractivity contribution is -0.461. The van der Waals surface area contributed by atoms with Gasteiger partial charge in [-0.1, -0.05) is 6.58 Å². The lowest BCUT2D eigenvalue weighted by atomic mass is 9.86. The fourth-order valence-electron chi connectivity index (χ4n) is 1.95. The molecule has 0 spiro atoms. The maximum atomic E-state index is 13.6. The average molecular weight is 600 g/mol. The number of carbonyl (C=O) groups is 1. The van der Waals surface area contributed by atoms with Crippen LogP contribution in [0.5, 0.6) is 0 Å². The van der Waals surface area contributed by atoms with Crippen molar-refractivity contribution in [3.05, 3.63) is 12.2 Å². The summed E-state index contributed by atoms with van der Waals surface area (Å²) in [6, 6.07) is 0. The van der Waals surface area contributed by atoms with E-state index in [0.717, 1.165) is 0 Å². The zero-order valence-electron chi connectivity index (χ0n) is 16.8. The molecule has 0 aromatic carbocycles. The van der Waals surface area contributed by atoms with Crippen molar-refractivity contribution in [1.82, 2.24) is 0 Å². The monoisotopic (exact) mass is 600 g/mol. The normalized spacial score (nSPS) is 17.0. The second-order valence-corrected chi connectivity index (χ2v) is 6.93. The fraction of sp³-hybridized carbons (Fsp3) is 0.800. The number of hydrogen-bond donors (Lipinski definition) is 0. The van der Waals surface area contributed by atoms with Crippen molar-refractivity contribution >= 4 is 5.97 Å². The number of alkyl halides is 20.